The number of carbonyl (C=O) groups is 2. The van der Waals surface area contributed by atoms with Crippen LogP contribution in [-0.2, 0) is 6.54 Å². The zero-order chi connectivity index (χ0) is 20.1. The molecule has 0 bridgehead atoms. The summed E-state index contributed by atoms with van der Waals surface area (Å²) in [6.07, 6.45) is 2.41. The predicted molar refractivity (Wildman–Crippen MR) is 113 cm³/mol. The van der Waals surface area contributed by atoms with Crippen molar-refractivity contribution in [1.82, 2.24) is 9.80 Å². The third kappa shape index (κ3) is 4.93. The van der Waals surface area contributed by atoms with Crippen molar-refractivity contribution in [2.75, 3.05) is 31.5 Å². The van der Waals surface area contributed by atoms with Gasteiger partial charge in [0, 0.05) is 32.7 Å². The van der Waals surface area contributed by atoms with Crippen LogP contribution in [0.25, 0.3) is 0 Å². The van der Waals surface area contributed by atoms with Crippen molar-refractivity contribution in [1.29, 1.82) is 0 Å². The maximum Gasteiger partial charge on any atom is 0.291 e. The van der Waals surface area contributed by atoms with E-state index in [4.69, 9.17) is 4.42 Å². The molecule has 1 aliphatic heterocycles. The third-order valence-corrected chi connectivity index (χ3v) is 5.91. The van der Waals surface area contributed by atoms with Crippen LogP contribution < -0.4 is 5.32 Å². The molecule has 7 heteroatoms. The first-order chi connectivity index (χ1) is 14.2. The molecule has 3 aromatic rings. The van der Waals surface area contributed by atoms with E-state index in [-0.39, 0.29) is 17.6 Å². The average Bonchev–Trinajstić information content (AvgIpc) is 3.38. The Balaban J connectivity index is 1.33. The Morgan fingerprint density at radius 1 is 0.966 bits per heavy atom. The van der Waals surface area contributed by atoms with Crippen LogP contribution in [0.3, 0.4) is 0 Å². The van der Waals surface area contributed by atoms with Crippen LogP contribution in [0.5, 0.6) is 0 Å². The van der Waals surface area contributed by atoms with E-state index in [0.717, 1.165) is 32.6 Å². The first-order valence-electron chi connectivity index (χ1n) is 9.69. The number of thiophene rings is 1. The molecule has 6 nitrogen and oxygen atoms in total. The second-order valence-electron chi connectivity index (χ2n) is 7.00. The fourth-order valence-electron chi connectivity index (χ4n) is 3.43. The second kappa shape index (κ2) is 9.07. The van der Waals surface area contributed by atoms with E-state index in [1.807, 2.05) is 11.0 Å². The Kier molecular flexibility index (Phi) is 6.07. The molecule has 0 spiro atoms. The number of furan rings is 1. The van der Waals surface area contributed by atoms with Gasteiger partial charge < -0.3 is 14.6 Å². The summed E-state index contributed by atoms with van der Waals surface area (Å²) in [5.41, 5.74) is 1.29. The summed E-state index contributed by atoms with van der Waals surface area (Å²) in [6.45, 7) is 4.19. The van der Waals surface area contributed by atoms with Gasteiger partial charge in [-0.1, -0.05) is 30.3 Å². The number of anilines is 1. The van der Waals surface area contributed by atoms with E-state index >= 15 is 0 Å². The number of carbonyl (C=O) groups excluding carboxylic acids is 2. The van der Waals surface area contributed by atoms with Crippen LogP contribution in [0.4, 0.5) is 5.00 Å². The van der Waals surface area contributed by atoms with Gasteiger partial charge in [0.15, 0.2) is 5.76 Å². The zero-order valence-electron chi connectivity index (χ0n) is 16.0. The molecule has 0 saturated carbocycles. The Labute approximate surface area is 173 Å². The molecule has 1 fully saturated rings. The summed E-state index contributed by atoms with van der Waals surface area (Å²) in [5.74, 6) is -0.0467. The van der Waals surface area contributed by atoms with E-state index in [1.165, 1.54) is 23.2 Å². The number of nitrogens with zero attached hydrogens (tertiary/aromatic N) is 2. The molecule has 0 atom stereocenters. The largest absolute Gasteiger partial charge is 0.459 e. The molecule has 0 radical (unpaired) electrons. The van der Waals surface area contributed by atoms with Gasteiger partial charge in [-0.25, -0.2) is 0 Å². The van der Waals surface area contributed by atoms with Gasteiger partial charge in [0.1, 0.15) is 0 Å². The lowest BCUT2D eigenvalue weighted by Gasteiger charge is -2.21. The van der Waals surface area contributed by atoms with Gasteiger partial charge in [-0.2, -0.15) is 0 Å². The lowest BCUT2D eigenvalue weighted by Crippen LogP contribution is -2.34. The number of hydrogen-bond donors (Lipinski definition) is 1. The van der Waals surface area contributed by atoms with Gasteiger partial charge >= 0.3 is 0 Å². The van der Waals surface area contributed by atoms with Crippen LogP contribution in [0.2, 0.25) is 0 Å². The lowest BCUT2D eigenvalue weighted by molar-refractivity contribution is 0.0765. The zero-order valence-corrected chi connectivity index (χ0v) is 16.9. The minimum Gasteiger partial charge on any atom is -0.459 e. The highest BCUT2D eigenvalue weighted by Crippen LogP contribution is 2.24. The van der Waals surface area contributed by atoms with Crippen molar-refractivity contribution in [2.45, 2.75) is 13.0 Å². The molecular weight excluding hydrogens is 386 g/mol. The van der Waals surface area contributed by atoms with E-state index in [2.05, 4.69) is 34.5 Å². The molecule has 2 amide bonds. The first-order valence-corrected chi connectivity index (χ1v) is 10.5. The second-order valence-corrected chi connectivity index (χ2v) is 8.09. The van der Waals surface area contributed by atoms with E-state index < -0.39 is 0 Å². The molecule has 1 aliphatic rings. The molecule has 1 N–H and O–H groups in total. The van der Waals surface area contributed by atoms with Gasteiger partial charge in [0.25, 0.3) is 11.8 Å². The highest BCUT2D eigenvalue weighted by molar-refractivity contribution is 7.18. The molecule has 1 aromatic carbocycles. The Hall–Kier alpha value is -2.90. The van der Waals surface area contributed by atoms with Crippen LogP contribution in [0.15, 0.2) is 65.3 Å². The molecular formula is C22H23N3O3S. The summed E-state index contributed by atoms with van der Waals surface area (Å²) in [6, 6.07) is 17.2. The molecule has 3 heterocycles. The van der Waals surface area contributed by atoms with Crippen molar-refractivity contribution >= 4 is 28.2 Å². The summed E-state index contributed by atoms with van der Waals surface area (Å²) in [4.78, 5) is 30.0. The molecule has 1 saturated heterocycles. The summed E-state index contributed by atoms with van der Waals surface area (Å²) >= 11 is 1.29. The topological polar surface area (TPSA) is 65.8 Å². The number of rotatable bonds is 5. The maximum absolute atomic E-state index is 12.9. The Morgan fingerprint density at radius 2 is 1.83 bits per heavy atom. The minimum absolute atomic E-state index is 0.0232. The average molecular weight is 410 g/mol. The SMILES string of the molecule is O=C(Nc1ccc(C(=O)N2CCCN(Cc3ccccc3)CC2)s1)c1ccco1. The highest BCUT2D eigenvalue weighted by atomic mass is 32.1. The van der Waals surface area contributed by atoms with Crippen LogP contribution in [-0.4, -0.2) is 47.8 Å². The van der Waals surface area contributed by atoms with Gasteiger partial charge in [0.2, 0.25) is 0 Å². The smallest absolute Gasteiger partial charge is 0.291 e. The summed E-state index contributed by atoms with van der Waals surface area (Å²) < 4.78 is 5.10. The first kappa shape index (κ1) is 19.4. The van der Waals surface area contributed by atoms with E-state index in [0.29, 0.717) is 16.4 Å². The Morgan fingerprint density at radius 3 is 2.62 bits per heavy atom. The van der Waals surface area contributed by atoms with E-state index in [1.54, 1.807) is 24.3 Å². The van der Waals surface area contributed by atoms with Crippen LogP contribution in [0, 0.1) is 0 Å². The molecule has 2 aromatic heterocycles. The number of benzene rings is 1. The minimum atomic E-state index is -0.317. The van der Waals surface area contributed by atoms with Crippen molar-refractivity contribution in [3.05, 3.63) is 77.1 Å². The van der Waals surface area contributed by atoms with Crippen LogP contribution in [0.1, 0.15) is 32.2 Å². The normalized spacial score (nSPS) is 15.1. The van der Waals surface area contributed by atoms with Crippen molar-refractivity contribution in [3.63, 3.8) is 0 Å². The van der Waals surface area contributed by atoms with E-state index in [9.17, 15) is 9.59 Å². The Bertz CT molecular complexity index is 953. The van der Waals surface area contributed by atoms with Gasteiger partial charge in [-0.05, 0) is 36.2 Å². The van der Waals surface area contributed by atoms with Crippen molar-refractivity contribution in [2.24, 2.45) is 0 Å². The summed E-state index contributed by atoms with van der Waals surface area (Å²) in [7, 11) is 0. The number of hydrogen-bond acceptors (Lipinski definition) is 5. The van der Waals surface area contributed by atoms with Crippen molar-refractivity contribution < 1.29 is 14.0 Å². The molecule has 0 unspecified atom stereocenters. The predicted octanol–water partition coefficient (Wildman–Crippen LogP) is 3.94. The van der Waals surface area contributed by atoms with Crippen LogP contribution >= 0.6 is 11.3 Å². The van der Waals surface area contributed by atoms with Gasteiger partial charge in [-0.15, -0.1) is 11.3 Å². The van der Waals surface area contributed by atoms with Crippen molar-refractivity contribution in [3.8, 4) is 0 Å². The number of nitrogens with one attached hydrogen (secondary N) is 1. The van der Waals surface area contributed by atoms with Gasteiger partial charge in [0.05, 0.1) is 16.1 Å². The molecule has 4 rings (SSSR count). The maximum atomic E-state index is 12.9. The monoisotopic (exact) mass is 409 g/mol. The summed E-state index contributed by atoms with van der Waals surface area (Å²) in [5, 5.41) is 3.41. The fraction of sp³-hybridized carbons (Fsp3) is 0.273. The lowest BCUT2D eigenvalue weighted by atomic mass is 10.2. The molecule has 29 heavy (non-hydrogen) atoms. The molecule has 150 valence electrons. The third-order valence-electron chi connectivity index (χ3n) is 4.92. The van der Waals surface area contributed by atoms with Gasteiger partial charge in [-0.3, -0.25) is 14.5 Å². The standard InChI is InChI=1S/C22H23N3O3S/c26-21(18-8-4-15-28-18)23-20-10-9-19(29-20)22(27)25-12-5-11-24(13-14-25)16-17-6-2-1-3-7-17/h1-4,6-10,15H,5,11-14,16H2,(H,23,26). The molecule has 0 aliphatic carbocycles. The number of amides is 2. The quantitative estimate of drug-likeness (QED) is 0.693. The fourth-order valence-corrected chi connectivity index (χ4v) is 4.30. The highest BCUT2D eigenvalue weighted by Gasteiger charge is 2.22.